The normalized spacial score (nSPS) is 11.4. The van der Waals surface area contributed by atoms with Crippen molar-refractivity contribution in [3.63, 3.8) is 0 Å². The molecule has 5 nitrogen and oxygen atoms in total. The summed E-state index contributed by atoms with van der Waals surface area (Å²) >= 11 is 3.32. The molecule has 1 amide bonds. The van der Waals surface area contributed by atoms with Gasteiger partial charge in [0.1, 0.15) is 5.54 Å². The summed E-state index contributed by atoms with van der Waals surface area (Å²) in [7, 11) is 0. The molecule has 4 N–H and O–H groups in total. The third-order valence-corrected chi connectivity index (χ3v) is 3.66. The number of hydrogen-bond donors (Lipinski definition) is 4. The van der Waals surface area contributed by atoms with Crippen molar-refractivity contribution in [2.75, 3.05) is 19.8 Å². The van der Waals surface area contributed by atoms with Gasteiger partial charge in [-0.3, -0.25) is 4.79 Å². The second-order valence-electron chi connectivity index (χ2n) is 4.12. The third-order valence-electron chi connectivity index (χ3n) is 2.80. The Morgan fingerprint density at radius 3 is 2.33 bits per heavy atom. The SMILES string of the molecule is Cc1c(Br)cccc1C(=O)NC(CO)(CO)CO. The van der Waals surface area contributed by atoms with Gasteiger partial charge >= 0.3 is 0 Å². The summed E-state index contributed by atoms with van der Waals surface area (Å²) in [5, 5.41) is 29.9. The van der Waals surface area contributed by atoms with Crippen LogP contribution in [-0.4, -0.2) is 46.6 Å². The minimum Gasteiger partial charge on any atom is -0.394 e. The van der Waals surface area contributed by atoms with Crippen molar-refractivity contribution in [2.24, 2.45) is 0 Å². The highest BCUT2D eigenvalue weighted by Crippen LogP contribution is 2.19. The number of carbonyl (C=O) groups is 1. The predicted molar refractivity (Wildman–Crippen MR) is 70.3 cm³/mol. The van der Waals surface area contributed by atoms with E-state index in [4.69, 9.17) is 15.3 Å². The highest BCUT2D eigenvalue weighted by Gasteiger charge is 2.30. The van der Waals surface area contributed by atoms with E-state index in [0.717, 1.165) is 10.0 Å². The van der Waals surface area contributed by atoms with Crippen molar-refractivity contribution in [1.29, 1.82) is 0 Å². The van der Waals surface area contributed by atoms with E-state index < -0.39 is 31.3 Å². The molecule has 0 saturated heterocycles. The van der Waals surface area contributed by atoms with Crippen molar-refractivity contribution in [3.8, 4) is 0 Å². The molecule has 1 aromatic carbocycles. The van der Waals surface area contributed by atoms with Gasteiger partial charge in [0.25, 0.3) is 5.91 Å². The maximum atomic E-state index is 12.0. The average molecular weight is 318 g/mol. The molecule has 0 heterocycles. The van der Waals surface area contributed by atoms with Gasteiger partial charge in [0.15, 0.2) is 0 Å². The smallest absolute Gasteiger partial charge is 0.252 e. The van der Waals surface area contributed by atoms with Crippen LogP contribution >= 0.6 is 15.9 Å². The number of benzene rings is 1. The van der Waals surface area contributed by atoms with Gasteiger partial charge in [-0.25, -0.2) is 0 Å². The lowest BCUT2D eigenvalue weighted by molar-refractivity contribution is 0.0375. The fourth-order valence-corrected chi connectivity index (χ4v) is 1.80. The zero-order valence-electron chi connectivity index (χ0n) is 9.98. The van der Waals surface area contributed by atoms with Crippen molar-refractivity contribution in [1.82, 2.24) is 5.32 Å². The Morgan fingerprint density at radius 2 is 1.83 bits per heavy atom. The van der Waals surface area contributed by atoms with Gasteiger partial charge in [0.2, 0.25) is 0 Å². The van der Waals surface area contributed by atoms with Gasteiger partial charge in [-0.05, 0) is 24.6 Å². The number of rotatable bonds is 5. The molecule has 0 radical (unpaired) electrons. The van der Waals surface area contributed by atoms with Gasteiger partial charge in [-0.2, -0.15) is 0 Å². The average Bonchev–Trinajstić information content (AvgIpc) is 2.39. The van der Waals surface area contributed by atoms with Crippen molar-refractivity contribution < 1.29 is 20.1 Å². The minimum absolute atomic E-state index is 0.420. The molecule has 18 heavy (non-hydrogen) atoms. The quantitative estimate of drug-likeness (QED) is 0.624. The zero-order valence-corrected chi connectivity index (χ0v) is 11.6. The fraction of sp³-hybridized carbons (Fsp3) is 0.417. The van der Waals surface area contributed by atoms with Crippen LogP contribution in [0.4, 0.5) is 0 Å². The first kappa shape index (κ1) is 15.1. The molecular formula is C12H16BrNO4. The first-order valence-electron chi connectivity index (χ1n) is 5.40. The van der Waals surface area contributed by atoms with Crippen LogP contribution in [0.25, 0.3) is 0 Å². The van der Waals surface area contributed by atoms with Gasteiger partial charge in [0.05, 0.1) is 19.8 Å². The predicted octanol–water partition coefficient (Wildman–Crippen LogP) is 0.203. The Kier molecular flexibility index (Phi) is 5.28. The molecule has 0 spiro atoms. The Morgan fingerprint density at radius 1 is 1.28 bits per heavy atom. The maximum absolute atomic E-state index is 12.0. The Bertz CT molecular complexity index is 424. The lowest BCUT2D eigenvalue weighted by Gasteiger charge is -2.29. The molecule has 0 aromatic heterocycles. The molecule has 0 aliphatic heterocycles. The first-order chi connectivity index (χ1) is 8.49. The van der Waals surface area contributed by atoms with Crippen LogP contribution in [0.1, 0.15) is 15.9 Å². The van der Waals surface area contributed by atoms with Gasteiger partial charge in [0, 0.05) is 10.0 Å². The number of halogens is 1. The summed E-state index contributed by atoms with van der Waals surface area (Å²) in [6.45, 7) is 0.147. The van der Waals surface area contributed by atoms with Gasteiger partial charge in [-0.15, -0.1) is 0 Å². The van der Waals surface area contributed by atoms with E-state index in [-0.39, 0.29) is 0 Å². The van der Waals surface area contributed by atoms with Crippen LogP contribution in [-0.2, 0) is 0 Å². The number of carbonyl (C=O) groups excluding carboxylic acids is 1. The number of hydrogen-bond acceptors (Lipinski definition) is 4. The van der Waals surface area contributed by atoms with E-state index in [0.29, 0.717) is 5.56 Å². The van der Waals surface area contributed by atoms with E-state index in [1.807, 2.05) is 6.07 Å². The number of aliphatic hydroxyl groups excluding tert-OH is 3. The number of amides is 1. The summed E-state index contributed by atoms with van der Waals surface area (Å²) < 4.78 is 0.790. The van der Waals surface area contributed by atoms with Crippen LogP contribution in [0.5, 0.6) is 0 Å². The van der Waals surface area contributed by atoms with Gasteiger partial charge < -0.3 is 20.6 Å². The van der Waals surface area contributed by atoms with Crippen LogP contribution < -0.4 is 5.32 Å². The molecule has 0 aliphatic carbocycles. The molecule has 100 valence electrons. The van der Waals surface area contributed by atoms with E-state index in [1.54, 1.807) is 19.1 Å². The summed E-state index contributed by atoms with van der Waals surface area (Å²) in [5.41, 5.74) is -0.243. The molecule has 0 bridgehead atoms. The number of nitrogens with one attached hydrogen (secondary N) is 1. The molecule has 0 fully saturated rings. The second kappa shape index (κ2) is 6.29. The second-order valence-corrected chi connectivity index (χ2v) is 4.98. The zero-order chi connectivity index (χ0) is 13.8. The molecule has 0 aliphatic rings. The lowest BCUT2D eigenvalue weighted by atomic mass is 10.0. The number of aliphatic hydroxyl groups is 3. The van der Waals surface area contributed by atoms with Crippen molar-refractivity contribution in [3.05, 3.63) is 33.8 Å². The van der Waals surface area contributed by atoms with Crippen LogP contribution in [0.3, 0.4) is 0 Å². The fourth-order valence-electron chi connectivity index (χ4n) is 1.43. The Hall–Kier alpha value is -0.950. The molecule has 6 heteroatoms. The van der Waals surface area contributed by atoms with E-state index in [1.165, 1.54) is 0 Å². The summed E-state index contributed by atoms with van der Waals surface area (Å²) in [4.78, 5) is 12.0. The minimum atomic E-state index is -1.41. The molecule has 1 rings (SSSR count). The monoisotopic (exact) mass is 317 g/mol. The highest BCUT2D eigenvalue weighted by atomic mass is 79.9. The van der Waals surface area contributed by atoms with E-state index in [9.17, 15) is 4.79 Å². The largest absolute Gasteiger partial charge is 0.394 e. The molecule has 1 aromatic rings. The van der Waals surface area contributed by atoms with Crippen molar-refractivity contribution >= 4 is 21.8 Å². The molecule has 0 saturated carbocycles. The van der Waals surface area contributed by atoms with Crippen molar-refractivity contribution in [2.45, 2.75) is 12.5 Å². The maximum Gasteiger partial charge on any atom is 0.252 e. The molecule has 0 unspecified atom stereocenters. The summed E-state index contributed by atoms with van der Waals surface area (Å²) in [6, 6.07) is 5.15. The summed E-state index contributed by atoms with van der Waals surface area (Å²) in [6.07, 6.45) is 0. The molecule has 0 atom stereocenters. The van der Waals surface area contributed by atoms with Gasteiger partial charge in [-0.1, -0.05) is 22.0 Å². The van der Waals surface area contributed by atoms with E-state index >= 15 is 0 Å². The Balaban J connectivity index is 2.98. The third kappa shape index (κ3) is 3.08. The van der Waals surface area contributed by atoms with Crippen LogP contribution in [0.15, 0.2) is 22.7 Å². The highest BCUT2D eigenvalue weighted by molar-refractivity contribution is 9.10. The topological polar surface area (TPSA) is 89.8 Å². The van der Waals surface area contributed by atoms with Crippen LogP contribution in [0.2, 0.25) is 0 Å². The molecular weight excluding hydrogens is 302 g/mol. The summed E-state index contributed by atoms with van der Waals surface area (Å²) in [5.74, 6) is -0.453. The first-order valence-corrected chi connectivity index (χ1v) is 6.19. The standard InChI is InChI=1S/C12H16BrNO4/c1-8-9(3-2-4-10(8)13)11(18)14-12(5-15,6-16)7-17/h2-4,15-17H,5-7H2,1H3,(H,14,18). The Labute approximate surface area is 114 Å². The van der Waals surface area contributed by atoms with Crippen LogP contribution in [0, 0.1) is 6.92 Å². The lowest BCUT2D eigenvalue weighted by Crippen LogP contribution is -2.57. The van der Waals surface area contributed by atoms with E-state index in [2.05, 4.69) is 21.2 Å².